The maximum atomic E-state index is 12.9. The number of hydrogen-bond donors (Lipinski definition) is 2. The fraction of sp³-hybridized carbons (Fsp3) is 0.231. The van der Waals surface area contributed by atoms with Gasteiger partial charge in [0.25, 0.3) is 5.91 Å². The summed E-state index contributed by atoms with van der Waals surface area (Å²) in [6.45, 7) is 1.25. The minimum atomic E-state index is -0.498. The Bertz CT molecular complexity index is 1060. The van der Waals surface area contributed by atoms with E-state index in [1.807, 2.05) is 35.2 Å². The van der Waals surface area contributed by atoms with E-state index in [1.54, 1.807) is 48.5 Å². The summed E-state index contributed by atoms with van der Waals surface area (Å²) in [5, 5.41) is 10.6. The molecule has 6 heteroatoms. The fourth-order valence-electron chi connectivity index (χ4n) is 4.01. The molecule has 1 saturated heterocycles. The van der Waals surface area contributed by atoms with Crippen LogP contribution in [0.5, 0.6) is 11.5 Å². The third-order valence-corrected chi connectivity index (χ3v) is 5.89. The molecule has 0 aromatic heterocycles. The van der Waals surface area contributed by atoms with E-state index in [0.29, 0.717) is 35.7 Å². The van der Waals surface area contributed by atoms with E-state index in [4.69, 9.17) is 10.5 Å². The molecule has 1 atom stereocenters. The van der Waals surface area contributed by atoms with Crippen LogP contribution >= 0.6 is 0 Å². The maximum absolute atomic E-state index is 12.9. The molecular weight excluding hydrogens is 404 g/mol. The Labute approximate surface area is 187 Å². The van der Waals surface area contributed by atoms with Crippen molar-refractivity contribution < 1.29 is 19.4 Å². The predicted octanol–water partition coefficient (Wildman–Crippen LogP) is 4.16. The summed E-state index contributed by atoms with van der Waals surface area (Å²) in [5.74, 6) is 0.817. The minimum absolute atomic E-state index is 0.0185. The van der Waals surface area contributed by atoms with Crippen molar-refractivity contribution in [3.63, 3.8) is 0 Å². The van der Waals surface area contributed by atoms with E-state index < -0.39 is 12.0 Å². The summed E-state index contributed by atoms with van der Waals surface area (Å²) in [5.41, 5.74) is 7.19. The van der Waals surface area contributed by atoms with Crippen molar-refractivity contribution in [1.82, 2.24) is 4.90 Å². The quantitative estimate of drug-likeness (QED) is 0.614. The van der Waals surface area contributed by atoms with E-state index >= 15 is 0 Å². The van der Waals surface area contributed by atoms with Crippen LogP contribution in [0.15, 0.2) is 78.9 Å². The van der Waals surface area contributed by atoms with Crippen LogP contribution in [-0.2, 0) is 0 Å². The monoisotopic (exact) mass is 430 g/mol. The Morgan fingerprint density at radius 3 is 1.91 bits per heavy atom. The summed E-state index contributed by atoms with van der Waals surface area (Å²) in [4.78, 5) is 25.9. The largest absolute Gasteiger partial charge is 0.457 e. The zero-order valence-electron chi connectivity index (χ0n) is 17.7. The lowest BCUT2D eigenvalue weighted by Crippen LogP contribution is -2.39. The highest BCUT2D eigenvalue weighted by atomic mass is 16.5. The van der Waals surface area contributed by atoms with Crippen LogP contribution in [0.2, 0.25) is 0 Å². The molecule has 164 valence electrons. The molecule has 3 aromatic carbocycles. The normalized spacial score (nSPS) is 15.2. The van der Waals surface area contributed by atoms with E-state index in [2.05, 4.69) is 0 Å². The van der Waals surface area contributed by atoms with Gasteiger partial charge in [0.1, 0.15) is 11.5 Å². The van der Waals surface area contributed by atoms with Gasteiger partial charge in [-0.3, -0.25) is 9.59 Å². The lowest BCUT2D eigenvalue weighted by Gasteiger charge is -2.34. The second-order valence-corrected chi connectivity index (χ2v) is 8.00. The zero-order valence-corrected chi connectivity index (χ0v) is 17.7. The molecule has 4 rings (SSSR count). The molecule has 1 aliphatic heterocycles. The highest BCUT2D eigenvalue weighted by Gasteiger charge is 2.28. The van der Waals surface area contributed by atoms with E-state index in [-0.39, 0.29) is 11.8 Å². The Hall–Kier alpha value is -3.64. The number of likely N-dealkylation sites (tertiary alicyclic amines) is 1. The number of amides is 2. The molecule has 6 nitrogen and oxygen atoms in total. The molecule has 1 fully saturated rings. The van der Waals surface area contributed by atoms with Crippen molar-refractivity contribution in [3.05, 3.63) is 95.6 Å². The van der Waals surface area contributed by atoms with E-state index in [0.717, 1.165) is 18.4 Å². The van der Waals surface area contributed by atoms with Gasteiger partial charge < -0.3 is 20.5 Å². The highest BCUT2D eigenvalue weighted by molar-refractivity contribution is 5.94. The standard InChI is InChI=1S/C26H26N2O4/c27-25(30)20-6-10-22(11-7-20)32-23-12-8-21(9-13-23)26(31)28-16-14-19(15-17-28)24(29)18-4-2-1-3-5-18/h1-13,19,24,29H,14-17H2,(H2,27,30). The number of primary amides is 1. The van der Waals surface area contributed by atoms with Crippen LogP contribution in [0.1, 0.15) is 45.2 Å². The van der Waals surface area contributed by atoms with Crippen molar-refractivity contribution in [3.8, 4) is 11.5 Å². The zero-order chi connectivity index (χ0) is 22.5. The number of carbonyl (C=O) groups is 2. The molecule has 3 N–H and O–H groups in total. The summed E-state index contributed by atoms with van der Waals surface area (Å²) >= 11 is 0. The number of benzene rings is 3. The smallest absolute Gasteiger partial charge is 0.253 e. The number of nitrogens with zero attached hydrogens (tertiary/aromatic N) is 1. The second kappa shape index (κ2) is 9.66. The van der Waals surface area contributed by atoms with Crippen LogP contribution in [0.25, 0.3) is 0 Å². The number of carbonyl (C=O) groups excluding carboxylic acids is 2. The van der Waals surface area contributed by atoms with Crippen molar-refractivity contribution in [2.75, 3.05) is 13.1 Å². The maximum Gasteiger partial charge on any atom is 0.253 e. The van der Waals surface area contributed by atoms with Crippen molar-refractivity contribution >= 4 is 11.8 Å². The Balaban J connectivity index is 1.32. The summed E-state index contributed by atoms with van der Waals surface area (Å²) in [7, 11) is 0. The average molecular weight is 431 g/mol. The predicted molar refractivity (Wildman–Crippen MR) is 122 cm³/mol. The molecule has 0 radical (unpaired) electrons. The summed E-state index contributed by atoms with van der Waals surface area (Å²) < 4.78 is 5.77. The van der Waals surface area contributed by atoms with Crippen molar-refractivity contribution in [1.29, 1.82) is 0 Å². The van der Waals surface area contributed by atoms with Gasteiger partial charge in [0, 0.05) is 24.2 Å². The van der Waals surface area contributed by atoms with Crippen LogP contribution in [-0.4, -0.2) is 34.9 Å². The van der Waals surface area contributed by atoms with Crippen LogP contribution < -0.4 is 10.5 Å². The van der Waals surface area contributed by atoms with Gasteiger partial charge in [0.15, 0.2) is 0 Å². The minimum Gasteiger partial charge on any atom is -0.457 e. The molecule has 0 bridgehead atoms. The number of rotatable bonds is 6. The molecule has 3 aromatic rings. The molecule has 32 heavy (non-hydrogen) atoms. The first-order valence-corrected chi connectivity index (χ1v) is 10.7. The molecular formula is C26H26N2O4. The van der Waals surface area contributed by atoms with Gasteiger partial charge in [0.2, 0.25) is 5.91 Å². The first-order chi connectivity index (χ1) is 15.5. The Morgan fingerprint density at radius 1 is 0.844 bits per heavy atom. The summed E-state index contributed by atoms with van der Waals surface area (Å²) in [6.07, 6.45) is 1.04. The highest BCUT2D eigenvalue weighted by Crippen LogP contribution is 2.31. The lowest BCUT2D eigenvalue weighted by molar-refractivity contribution is 0.0462. The van der Waals surface area contributed by atoms with Gasteiger partial charge in [-0.1, -0.05) is 30.3 Å². The number of aliphatic hydroxyl groups excluding tert-OH is 1. The molecule has 1 heterocycles. The van der Waals surface area contributed by atoms with E-state index in [1.165, 1.54) is 0 Å². The van der Waals surface area contributed by atoms with Crippen LogP contribution in [0.4, 0.5) is 0 Å². The number of ether oxygens (including phenoxy) is 1. The molecule has 2 amide bonds. The fourth-order valence-corrected chi connectivity index (χ4v) is 4.01. The first kappa shape index (κ1) is 21.6. The Morgan fingerprint density at radius 2 is 1.38 bits per heavy atom. The third-order valence-electron chi connectivity index (χ3n) is 5.89. The average Bonchev–Trinajstić information content (AvgIpc) is 2.84. The SMILES string of the molecule is NC(=O)c1ccc(Oc2ccc(C(=O)N3CCC(C(O)c4ccccc4)CC3)cc2)cc1. The van der Waals surface area contributed by atoms with E-state index in [9.17, 15) is 14.7 Å². The number of piperidine rings is 1. The Kier molecular flexibility index (Phi) is 6.52. The summed E-state index contributed by atoms with van der Waals surface area (Å²) in [6, 6.07) is 23.2. The van der Waals surface area contributed by atoms with Gasteiger partial charge in [-0.05, 0) is 72.9 Å². The topological polar surface area (TPSA) is 92.9 Å². The third kappa shape index (κ3) is 4.98. The van der Waals surface area contributed by atoms with Gasteiger partial charge in [-0.15, -0.1) is 0 Å². The van der Waals surface area contributed by atoms with Gasteiger partial charge in [-0.25, -0.2) is 0 Å². The first-order valence-electron chi connectivity index (χ1n) is 10.7. The lowest BCUT2D eigenvalue weighted by atomic mass is 9.87. The molecule has 0 aliphatic carbocycles. The molecule has 1 unspecified atom stereocenters. The second-order valence-electron chi connectivity index (χ2n) is 8.00. The van der Waals surface area contributed by atoms with Crippen LogP contribution in [0, 0.1) is 5.92 Å². The molecule has 0 spiro atoms. The van der Waals surface area contributed by atoms with Gasteiger partial charge >= 0.3 is 0 Å². The van der Waals surface area contributed by atoms with Crippen molar-refractivity contribution in [2.45, 2.75) is 18.9 Å². The van der Waals surface area contributed by atoms with Gasteiger partial charge in [-0.2, -0.15) is 0 Å². The molecule has 0 saturated carbocycles. The van der Waals surface area contributed by atoms with Crippen molar-refractivity contribution in [2.24, 2.45) is 11.7 Å². The molecule has 1 aliphatic rings. The number of hydrogen-bond acceptors (Lipinski definition) is 4. The number of nitrogens with two attached hydrogens (primary N) is 1. The number of aliphatic hydroxyl groups is 1. The van der Waals surface area contributed by atoms with Crippen LogP contribution in [0.3, 0.4) is 0 Å². The van der Waals surface area contributed by atoms with Gasteiger partial charge in [0.05, 0.1) is 6.10 Å².